The molecule has 55 heavy (non-hydrogen) atoms. The van der Waals surface area contributed by atoms with E-state index in [4.69, 9.17) is 32.7 Å². The Kier molecular flexibility index (Phi) is 12.2. The van der Waals surface area contributed by atoms with Crippen LogP contribution in [0.5, 0.6) is 0 Å². The number of carbonyl (C=O) groups excluding carboxylic acids is 2. The molecule has 3 aromatic rings. The number of fused-ring (bicyclic) bond motifs is 2. The summed E-state index contributed by atoms with van der Waals surface area (Å²) in [6, 6.07) is 14.1. The van der Waals surface area contributed by atoms with Crippen molar-refractivity contribution >= 4 is 35.0 Å². The van der Waals surface area contributed by atoms with Crippen LogP contribution in [0.3, 0.4) is 0 Å². The summed E-state index contributed by atoms with van der Waals surface area (Å²) in [4.78, 5) is 31.8. The Morgan fingerprint density at radius 1 is 0.927 bits per heavy atom. The van der Waals surface area contributed by atoms with Crippen molar-refractivity contribution in [2.24, 2.45) is 0 Å². The molecule has 7 nitrogen and oxygen atoms in total. The first-order chi connectivity index (χ1) is 26.0. The molecule has 1 spiro atoms. The average Bonchev–Trinajstić information content (AvgIpc) is 3.45. The second kappa shape index (κ2) is 16.2. The largest absolute Gasteiger partial charge is 0.416 e. The smallest absolute Gasteiger partial charge is 0.367 e. The van der Waals surface area contributed by atoms with Gasteiger partial charge in [-0.2, -0.15) is 26.3 Å². The van der Waals surface area contributed by atoms with Gasteiger partial charge in [-0.3, -0.25) is 9.59 Å². The third kappa shape index (κ3) is 8.81. The summed E-state index contributed by atoms with van der Waals surface area (Å²) in [5.74, 6) is -1.04. The van der Waals surface area contributed by atoms with E-state index in [2.05, 4.69) is 17.0 Å². The maximum absolute atomic E-state index is 13.8. The molecule has 6 rings (SSSR count). The van der Waals surface area contributed by atoms with Crippen molar-refractivity contribution in [2.75, 3.05) is 59.5 Å². The topological polar surface area (TPSA) is 62.3 Å². The molecule has 2 aliphatic heterocycles. The van der Waals surface area contributed by atoms with Gasteiger partial charge < -0.3 is 24.2 Å². The average molecular weight is 815 g/mol. The molecule has 2 heterocycles. The van der Waals surface area contributed by atoms with E-state index < -0.39 is 40.6 Å². The molecule has 2 amide bonds. The summed E-state index contributed by atoms with van der Waals surface area (Å²) in [7, 11) is 1.78. The number of amides is 2. The van der Waals surface area contributed by atoms with Gasteiger partial charge in [0.2, 0.25) is 5.91 Å². The van der Waals surface area contributed by atoms with Crippen molar-refractivity contribution in [3.63, 3.8) is 0 Å². The van der Waals surface area contributed by atoms with E-state index in [9.17, 15) is 35.9 Å². The van der Waals surface area contributed by atoms with Crippen molar-refractivity contribution < 1.29 is 45.4 Å². The number of piperidine rings is 1. The van der Waals surface area contributed by atoms with Crippen LogP contribution in [0, 0.1) is 0 Å². The number of hydrogen-bond donors (Lipinski definition) is 0. The second-order valence-corrected chi connectivity index (χ2v) is 15.5. The summed E-state index contributed by atoms with van der Waals surface area (Å²) < 4.78 is 94.9. The van der Waals surface area contributed by atoms with E-state index in [0.717, 1.165) is 19.3 Å². The molecule has 15 heteroatoms. The summed E-state index contributed by atoms with van der Waals surface area (Å²) in [5.41, 5.74) is -2.34. The van der Waals surface area contributed by atoms with Crippen molar-refractivity contribution in [1.82, 2.24) is 14.7 Å². The fourth-order valence-electron chi connectivity index (χ4n) is 8.29. The number of nitrogens with zero attached hydrogens (tertiary/aromatic N) is 3. The molecule has 3 aromatic carbocycles. The number of morpholine rings is 1. The summed E-state index contributed by atoms with van der Waals surface area (Å²) >= 11 is 12.7. The predicted molar refractivity (Wildman–Crippen MR) is 196 cm³/mol. The Bertz CT molecular complexity index is 1850. The maximum atomic E-state index is 13.8. The number of benzene rings is 3. The van der Waals surface area contributed by atoms with Crippen LogP contribution in [-0.2, 0) is 44.1 Å². The molecular formula is C40H43Cl2F6N3O4. The van der Waals surface area contributed by atoms with Crippen molar-refractivity contribution in [3.05, 3.63) is 104 Å². The summed E-state index contributed by atoms with van der Waals surface area (Å²) in [6.45, 7) is 4.29. The number of likely N-dealkylation sites (N-methyl/N-ethyl adjacent to an activating group) is 1. The molecule has 2 fully saturated rings. The standard InChI is InChI=1S/C40H43Cl2F6N3O4/c1-3-13-49(2)35(52)24-54-34-21-26-6-4-5-7-31(26)37(34)10-14-50(15-11-37)16-12-38(28-8-9-32(41)33(42)23-28)25-51(17-18-55-38)36(53)27-19-29(39(43,44)45)22-30(20-27)40(46,47)48/h4-9,19-20,22-23,34H,3,10-18,21,24-25H2,1-2H3/t34-,38-/m0/s1. The Hall–Kier alpha value is -3.36. The van der Waals surface area contributed by atoms with Crippen LogP contribution >= 0.6 is 23.2 Å². The first-order valence-corrected chi connectivity index (χ1v) is 19.1. The lowest BCUT2D eigenvalue weighted by Crippen LogP contribution is -2.54. The van der Waals surface area contributed by atoms with Crippen molar-refractivity contribution in [2.45, 2.75) is 68.5 Å². The van der Waals surface area contributed by atoms with E-state index >= 15 is 0 Å². The molecule has 298 valence electrons. The number of rotatable bonds is 10. The Balaban J connectivity index is 1.22. The lowest BCUT2D eigenvalue weighted by atomic mass is 9.72. The normalized spacial score (nSPS) is 21.5. The van der Waals surface area contributed by atoms with Gasteiger partial charge in [-0.25, -0.2) is 0 Å². The fraction of sp³-hybridized carbons (Fsp3) is 0.500. The number of carbonyl (C=O) groups is 2. The van der Waals surface area contributed by atoms with Crippen LogP contribution in [0.2, 0.25) is 10.0 Å². The van der Waals surface area contributed by atoms with E-state index in [-0.39, 0.29) is 59.8 Å². The molecule has 0 N–H and O–H groups in total. The third-order valence-corrected chi connectivity index (χ3v) is 12.0. The summed E-state index contributed by atoms with van der Waals surface area (Å²) in [5, 5.41) is 0.505. The van der Waals surface area contributed by atoms with Gasteiger partial charge in [0, 0.05) is 37.7 Å². The van der Waals surface area contributed by atoms with Gasteiger partial charge in [-0.1, -0.05) is 60.5 Å². The van der Waals surface area contributed by atoms with Crippen molar-refractivity contribution in [1.29, 1.82) is 0 Å². The molecule has 0 saturated carbocycles. The van der Waals surface area contributed by atoms with Gasteiger partial charge in [0.25, 0.3) is 5.91 Å². The van der Waals surface area contributed by atoms with Gasteiger partial charge in [-0.15, -0.1) is 0 Å². The van der Waals surface area contributed by atoms with Gasteiger partial charge in [0.1, 0.15) is 12.2 Å². The van der Waals surface area contributed by atoms with E-state index in [1.807, 2.05) is 19.1 Å². The highest BCUT2D eigenvalue weighted by Crippen LogP contribution is 2.48. The minimum Gasteiger partial charge on any atom is -0.367 e. The zero-order valence-corrected chi connectivity index (χ0v) is 32.1. The predicted octanol–water partition coefficient (Wildman–Crippen LogP) is 8.63. The Morgan fingerprint density at radius 2 is 1.60 bits per heavy atom. The number of hydrogen-bond acceptors (Lipinski definition) is 5. The zero-order valence-electron chi connectivity index (χ0n) is 30.5. The van der Waals surface area contributed by atoms with E-state index in [0.29, 0.717) is 56.7 Å². The van der Waals surface area contributed by atoms with Gasteiger partial charge >= 0.3 is 12.4 Å². The molecule has 2 atom stereocenters. The first-order valence-electron chi connectivity index (χ1n) is 18.3. The molecule has 3 aliphatic rings. The van der Waals surface area contributed by atoms with Crippen LogP contribution in [0.4, 0.5) is 26.3 Å². The highest BCUT2D eigenvalue weighted by Gasteiger charge is 2.50. The Morgan fingerprint density at radius 3 is 2.24 bits per heavy atom. The highest BCUT2D eigenvalue weighted by atomic mass is 35.5. The monoisotopic (exact) mass is 813 g/mol. The summed E-state index contributed by atoms with van der Waals surface area (Å²) in [6.07, 6.45) is -6.99. The maximum Gasteiger partial charge on any atom is 0.416 e. The van der Waals surface area contributed by atoms with E-state index in [1.165, 1.54) is 16.0 Å². The van der Waals surface area contributed by atoms with Gasteiger partial charge in [-0.05, 0) is 92.2 Å². The Labute approximate surface area is 326 Å². The lowest BCUT2D eigenvalue weighted by molar-refractivity contribution is -0.143. The minimum atomic E-state index is -5.10. The molecule has 0 radical (unpaired) electrons. The highest BCUT2D eigenvalue weighted by molar-refractivity contribution is 6.42. The fourth-order valence-corrected chi connectivity index (χ4v) is 8.59. The van der Waals surface area contributed by atoms with Crippen LogP contribution in [0.25, 0.3) is 0 Å². The van der Waals surface area contributed by atoms with Crippen molar-refractivity contribution in [3.8, 4) is 0 Å². The first kappa shape index (κ1) is 41.3. The zero-order chi connectivity index (χ0) is 39.8. The van der Waals surface area contributed by atoms with E-state index in [1.54, 1.807) is 30.1 Å². The SMILES string of the molecule is CCCN(C)C(=O)CO[C@H]1Cc2ccccc2C12CCN(CC[C@@]1(c3ccc(Cl)c(Cl)c3)CN(C(=O)c3cc(C(F)(F)F)cc(C(F)(F)F)c3)CCO1)CC2. The van der Waals surface area contributed by atoms with Crippen LogP contribution in [0.15, 0.2) is 60.7 Å². The second-order valence-electron chi connectivity index (χ2n) is 14.7. The molecular weight excluding hydrogens is 771 g/mol. The number of likely N-dealkylation sites (tertiary alicyclic amines) is 1. The number of ether oxygens (including phenoxy) is 2. The number of alkyl halides is 6. The number of halogens is 8. The lowest BCUT2D eigenvalue weighted by Gasteiger charge is -2.46. The minimum absolute atomic E-state index is 0.00261. The van der Waals surface area contributed by atoms with Crippen LogP contribution < -0.4 is 0 Å². The quantitative estimate of drug-likeness (QED) is 0.192. The van der Waals surface area contributed by atoms with Gasteiger partial charge in [0.05, 0.1) is 40.4 Å². The van der Waals surface area contributed by atoms with Gasteiger partial charge in [0.15, 0.2) is 0 Å². The van der Waals surface area contributed by atoms with Crippen LogP contribution in [-0.4, -0.2) is 92.1 Å². The molecule has 0 aromatic heterocycles. The molecule has 1 aliphatic carbocycles. The molecule has 0 bridgehead atoms. The third-order valence-electron chi connectivity index (χ3n) is 11.3. The molecule has 2 saturated heterocycles. The molecule has 0 unspecified atom stereocenters. The van der Waals surface area contributed by atoms with Crippen LogP contribution in [0.1, 0.15) is 70.8 Å².